The third-order valence-corrected chi connectivity index (χ3v) is 4.36. The van der Waals surface area contributed by atoms with Gasteiger partial charge in [-0.15, -0.1) is 13.2 Å². The van der Waals surface area contributed by atoms with Crippen LogP contribution in [-0.4, -0.2) is 23.0 Å². The molecule has 0 unspecified atom stereocenters. The fraction of sp³-hybridized carbons (Fsp3) is 0.0909. The first kappa shape index (κ1) is 22.3. The smallest absolute Gasteiger partial charge is 0.406 e. The topological polar surface area (TPSA) is 125 Å². The van der Waals surface area contributed by atoms with E-state index in [1.807, 2.05) is 6.07 Å². The minimum Gasteiger partial charge on any atom is -0.406 e. The summed E-state index contributed by atoms with van der Waals surface area (Å²) in [5.74, 6) is -1.00. The van der Waals surface area contributed by atoms with E-state index in [1.54, 1.807) is 6.92 Å². The second-order valence-electron chi connectivity index (χ2n) is 6.71. The van der Waals surface area contributed by atoms with Gasteiger partial charge >= 0.3 is 6.36 Å². The third-order valence-electron chi connectivity index (χ3n) is 4.36. The molecule has 162 valence electrons. The molecule has 0 aliphatic carbocycles. The van der Waals surface area contributed by atoms with Crippen LogP contribution in [0.25, 0.3) is 0 Å². The number of aryl methyl sites for hydroxylation is 1. The van der Waals surface area contributed by atoms with Gasteiger partial charge in [0, 0.05) is 28.7 Å². The van der Waals surface area contributed by atoms with Gasteiger partial charge in [0.1, 0.15) is 17.5 Å². The lowest BCUT2D eigenvalue weighted by Gasteiger charge is -2.13. The highest BCUT2D eigenvalue weighted by Crippen LogP contribution is 2.26. The van der Waals surface area contributed by atoms with E-state index in [4.69, 9.17) is 16.4 Å². The minimum atomic E-state index is -4.86. The molecule has 0 saturated heterocycles. The number of carbonyl (C=O) groups is 1. The number of alkyl halides is 3. The number of pyridine rings is 1. The second kappa shape index (κ2) is 8.77. The molecule has 0 fully saturated rings. The first-order valence-electron chi connectivity index (χ1n) is 9.10. The van der Waals surface area contributed by atoms with Crippen molar-refractivity contribution in [2.24, 2.45) is 0 Å². The number of halogens is 3. The van der Waals surface area contributed by atoms with Crippen molar-refractivity contribution in [3.8, 4) is 11.8 Å². The van der Waals surface area contributed by atoms with E-state index in [-0.39, 0.29) is 28.2 Å². The van der Waals surface area contributed by atoms with Gasteiger partial charge in [0.25, 0.3) is 5.91 Å². The molecule has 2 aromatic carbocycles. The van der Waals surface area contributed by atoms with Crippen molar-refractivity contribution < 1.29 is 22.7 Å². The lowest BCUT2D eigenvalue weighted by Crippen LogP contribution is -2.17. The number of nitrogen functional groups attached to an aromatic ring is 1. The van der Waals surface area contributed by atoms with Crippen molar-refractivity contribution in [3.63, 3.8) is 0 Å². The summed E-state index contributed by atoms with van der Waals surface area (Å²) in [6, 6.07) is 12.9. The molecule has 0 radical (unpaired) electrons. The van der Waals surface area contributed by atoms with Crippen molar-refractivity contribution in [1.82, 2.24) is 4.98 Å². The van der Waals surface area contributed by atoms with Gasteiger partial charge in [0.2, 0.25) is 0 Å². The number of nitrogens with two attached hydrogens (primary N) is 1. The van der Waals surface area contributed by atoms with Gasteiger partial charge in [-0.25, -0.2) is 4.98 Å². The zero-order valence-corrected chi connectivity index (χ0v) is 16.6. The summed E-state index contributed by atoms with van der Waals surface area (Å²) in [4.78, 5) is 16.6. The number of anilines is 2. The molecule has 1 aromatic heterocycles. The molecule has 32 heavy (non-hydrogen) atoms. The van der Waals surface area contributed by atoms with Gasteiger partial charge in [0.05, 0.1) is 11.3 Å². The Bertz CT molecular complexity index is 1250. The van der Waals surface area contributed by atoms with Crippen molar-refractivity contribution in [2.45, 2.75) is 13.3 Å². The highest BCUT2D eigenvalue weighted by molar-refractivity contribution is 6.15. The Morgan fingerprint density at radius 2 is 1.97 bits per heavy atom. The molecule has 7 nitrogen and oxygen atoms in total. The molecule has 0 atom stereocenters. The maximum Gasteiger partial charge on any atom is 0.573 e. The quantitative estimate of drug-likeness (QED) is 0.401. The van der Waals surface area contributed by atoms with Crippen LogP contribution in [0.5, 0.6) is 5.75 Å². The van der Waals surface area contributed by atoms with E-state index in [2.05, 4.69) is 15.0 Å². The summed E-state index contributed by atoms with van der Waals surface area (Å²) in [5.41, 5.74) is 7.60. The average molecular weight is 439 g/mol. The van der Waals surface area contributed by atoms with Gasteiger partial charge in [-0.3, -0.25) is 10.2 Å². The molecular weight excluding hydrogens is 423 g/mol. The second-order valence-corrected chi connectivity index (χ2v) is 6.71. The van der Waals surface area contributed by atoms with E-state index >= 15 is 0 Å². The van der Waals surface area contributed by atoms with Gasteiger partial charge in [-0.2, -0.15) is 5.26 Å². The lowest BCUT2D eigenvalue weighted by atomic mass is 10.00. The fourth-order valence-electron chi connectivity index (χ4n) is 2.92. The first-order chi connectivity index (χ1) is 15.1. The number of hydrogen-bond donors (Lipinski definition) is 3. The molecule has 0 aliphatic rings. The molecule has 10 heteroatoms. The molecule has 3 rings (SSSR count). The number of amides is 1. The summed E-state index contributed by atoms with van der Waals surface area (Å²) < 4.78 is 41.4. The van der Waals surface area contributed by atoms with Crippen LogP contribution in [0.3, 0.4) is 0 Å². The molecule has 0 spiro atoms. The zero-order valence-electron chi connectivity index (χ0n) is 16.6. The Hall–Kier alpha value is -4.39. The van der Waals surface area contributed by atoms with Crippen LogP contribution >= 0.6 is 0 Å². The van der Waals surface area contributed by atoms with E-state index in [1.165, 1.54) is 42.6 Å². The number of aromatic nitrogens is 1. The van der Waals surface area contributed by atoms with Crippen LogP contribution in [-0.2, 0) is 0 Å². The van der Waals surface area contributed by atoms with E-state index in [9.17, 15) is 18.0 Å². The highest BCUT2D eigenvalue weighted by atomic mass is 19.4. The SMILES string of the molecule is Cc1cc(C#N)cnc1C(=O)Nc1ccc(N)c(C(=N)c2cccc(OC(F)(F)F)c2)c1. The Morgan fingerprint density at radius 3 is 2.62 bits per heavy atom. The molecule has 0 aliphatic heterocycles. The monoisotopic (exact) mass is 439 g/mol. The molecule has 0 bridgehead atoms. The number of hydrogen-bond acceptors (Lipinski definition) is 6. The molecule has 1 amide bonds. The average Bonchev–Trinajstić information content (AvgIpc) is 2.73. The summed E-state index contributed by atoms with van der Waals surface area (Å²) in [6.45, 7) is 1.64. The molecule has 4 N–H and O–H groups in total. The fourth-order valence-corrected chi connectivity index (χ4v) is 2.92. The van der Waals surface area contributed by atoms with E-state index < -0.39 is 18.0 Å². The molecule has 0 saturated carbocycles. The first-order valence-corrected chi connectivity index (χ1v) is 9.10. The number of rotatable bonds is 5. The van der Waals surface area contributed by atoms with Gasteiger partial charge < -0.3 is 15.8 Å². The Morgan fingerprint density at radius 1 is 1.22 bits per heavy atom. The third kappa shape index (κ3) is 5.20. The molecular formula is C22H16F3N5O2. The zero-order chi connectivity index (χ0) is 23.5. The van der Waals surface area contributed by atoms with Crippen LogP contribution in [0, 0.1) is 23.7 Å². The standard InChI is InChI=1S/C22H16F3N5O2/c1-12-7-13(10-26)11-29-20(12)21(31)30-15-5-6-18(27)17(9-15)19(28)14-3-2-4-16(8-14)32-22(23,24)25/h2-9,11,28H,27H2,1H3,(H,30,31). The van der Waals surface area contributed by atoms with Crippen LogP contribution in [0.4, 0.5) is 24.5 Å². The van der Waals surface area contributed by atoms with Crippen molar-refractivity contribution >= 4 is 23.0 Å². The number of nitriles is 1. The predicted octanol–water partition coefficient (Wildman–Crippen LogP) is 4.41. The van der Waals surface area contributed by atoms with Crippen LogP contribution in [0.2, 0.25) is 0 Å². The number of nitrogens with one attached hydrogen (secondary N) is 2. The predicted molar refractivity (Wildman–Crippen MR) is 112 cm³/mol. The number of carbonyl (C=O) groups excluding carboxylic acids is 1. The maximum absolute atomic E-state index is 12.6. The van der Waals surface area contributed by atoms with Crippen molar-refractivity contribution in [3.05, 3.63) is 82.7 Å². The number of ether oxygens (including phenoxy) is 1. The van der Waals surface area contributed by atoms with Gasteiger partial charge in [-0.1, -0.05) is 12.1 Å². The van der Waals surface area contributed by atoms with E-state index in [0.717, 1.165) is 12.1 Å². The summed E-state index contributed by atoms with van der Waals surface area (Å²) in [7, 11) is 0. The van der Waals surface area contributed by atoms with Crippen LogP contribution in [0.1, 0.15) is 32.7 Å². The Kier molecular flexibility index (Phi) is 6.11. The maximum atomic E-state index is 12.6. The summed E-state index contributed by atoms with van der Waals surface area (Å²) in [5, 5.41) is 19.9. The van der Waals surface area contributed by atoms with Gasteiger partial charge in [0.15, 0.2) is 0 Å². The number of nitrogens with zero attached hydrogens (tertiary/aromatic N) is 2. The lowest BCUT2D eigenvalue weighted by molar-refractivity contribution is -0.274. The Balaban J connectivity index is 1.86. The summed E-state index contributed by atoms with van der Waals surface area (Å²) >= 11 is 0. The van der Waals surface area contributed by atoms with Crippen LogP contribution < -0.4 is 15.8 Å². The summed E-state index contributed by atoms with van der Waals surface area (Å²) in [6.07, 6.45) is -3.58. The highest BCUT2D eigenvalue weighted by Gasteiger charge is 2.31. The minimum absolute atomic E-state index is 0.120. The Labute approximate surface area is 180 Å². The van der Waals surface area contributed by atoms with Gasteiger partial charge in [-0.05, 0) is 48.9 Å². The largest absolute Gasteiger partial charge is 0.573 e. The van der Waals surface area contributed by atoms with Crippen molar-refractivity contribution in [2.75, 3.05) is 11.1 Å². The molecule has 3 aromatic rings. The van der Waals surface area contributed by atoms with E-state index in [0.29, 0.717) is 16.8 Å². The van der Waals surface area contributed by atoms with Crippen LogP contribution in [0.15, 0.2) is 54.7 Å². The molecule has 1 heterocycles. The normalized spacial score (nSPS) is 10.8. The number of benzene rings is 2. The van der Waals surface area contributed by atoms with Crippen molar-refractivity contribution in [1.29, 1.82) is 10.7 Å².